The zero-order chi connectivity index (χ0) is 11.4. The molecule has 0 aromatic carbocycles. The van der Waals surface area contributed by atoms with Gasteiger partial charge in [-0.1, -0.05) is 43.6 Å². The van der Waals surface area contributed by atoms with Crippen molar-refractivity contribution in [1.29, 1.82) is 0 Å². The van der Waals surface area contributed by atoms with Crippen molar-refractivity contribution in [2.45, 2.75) is 15.5 Å². The van der Waals surface area contributed by atoms with E-state index in [-0.39, 0.29) is 22.3 Å². The summed E-state index contributed by atoms with van der Waals surface area (Å²) in [5, 5.41) is -0.294. The number of carbonyl (C=O) groups excluding carboxylic acids is 2. The first kappa shape index (κ1) is 12.0. The summed E-state index contributed by atoms with van der Waals surface area (Å²) in [5.41, 5.74) is 1.18. The topological polar surface area (TPSA) is 37.4 Å². The molecule has 0 aromatic rings. The minimum absolute atomic E-state index is 0.0905. The molecule has 0 aliphatic carbocycles. The van der Waals surface area contributed by atoms with Crippen molar-refractivity contribution in [3.8, 4) is 0 Å². The van der Waals surface area contributed by atoms with Gasteiger partial charge in [0.2, 0.25) is 5.12 Å². The molecule has 0 unspecified atom stereocenters. The third kappa shape index (κ3) is 1.52. The average molecular weight is 375 g/mol. The molecule has 2 saturated heterocycles. The minimum Gasteiger partial charge on any atom is -0.290 e. The summed E-state index contributed by atoms with van der Waals surface area (Å²) in [6, 6.07) is 0. The van der Waals surface area contributed by atoms with Gasteiger partial charge in [0.05, 0.1) is 5.70 Å². The van der Waals surface area contributed by atoms with E-state index in [1.807, 2.05) is 0 Å². The number of nitrogens with zero attached hydrogens (tertiary/aromatic N) is 1. The standard InChI is InChI=1S/C8H6Br2ClNO2S/c1-3(2-11)4-5(13)15-7-8(9,10)6(14)12(4)7/h7H,2H2,1H3/b4-3-/t7-/m1/s1. The summed E-state index contributed by atoms with van der Waals surface area (Å²) in [6.07, 6.45) is 0. The van der Waals surface area contributed by atoms with E-state index in [1.54, 1.807) is 6.92 Å². The van der Waals surface area contributed by atoms with Gasteiger partial charge in [-0.05, 0) is 12.5 Å². The van der Waals surface area contributed by atoms with E-state index in [0.29, 0.717) is 5.70 Å². The Morgan fingerprint density at radius 2 is 2.20 bits per heavy atom. The summed E-state index contributed by atoms with van der Waals surface area (Å²) >= 11 is 13.3. The number of hydrogen-bond donors (Lipinski definition) is 0. The second kappa shape index (κ2) is 3.75. The molecular formula is C8H6Br2ClNO2S. The van der Waals surface area contributed by atoms with Crippen LogP contribution >= 0.6 is 55.2 Å². The number of β-lactam (4-membered cyclic amide) rings is 1. The van der Waals surface area contributed by atoms with Gasteiger partial charge < -0.3 is 0 Å². The van der Waals surface area contributed by atoms with Gasteiger partial charge in [0, 0.05) is 5.88 Å². The molecule has 0 saturated carbocycles. The van der Waals surface area contributed by atoms with Crippen molar-refractivity contribution in [1.82, 2.24) is 4.90 Å². The number of alkyl halides is 3. The Morgan fingerprint density at radius 3 is 2.73 bits per heavy atom. The summed E-state index contributed by atoms with van der Waals surface area (Å²) in [6.45, 7) is 1.76. The molecule has 1 amide bonds. The van der Waals surface area contributed by atoms with Gasteiger partial charge in [0.25, 0.3) is 5.91 Å². The number of halogens is 3. The van der Waals surface area contributed by atoms with Crippen LogP contribution in [0.5, 0.6) is 0 Å². The molecule has 0 bridgehead atoms. The maximum Gasteiger partial charge on any atom is 0.259 e. The fourth-order valence-electron chi connectivity index (χ4n) is 1.51. The monoisotopic (exact) mass is 373 g/mol. The van der Waals surface area contributed by atoms with Gasteiger partial charge in [0.15, 0.2) is 3.23 Å². The Hall–Kier alpha value is 0.480. The van der Waals surface area contributed by atoms with E-state index in [0.717, 1.165) is 17.3 Å². The normalized spacial score (nSPS) is 31.5. The summed E-state index contributed by atoms with van der Waals surface area (Å²) in [7, 11) is 0. The van der Waals surface area contributed by atoms with Gasteiger partial charge >= 0.3 is 0 Å². The number of thioether (sulfide) groups is 1. The Labute approximate surface area is 113 Å². The van der Waals surface area contributed by atoms with Crippen molar-refractivity contribution in [3.63, 3.8) is 0 Å². The smallest absolute Gasteiger partial charge is 0.259 e. The van der Waals surface area contributed by atoms with Crippen LogP contribution in [0, 0.1) is 0 Å². The fourth-order valence-corrected chi connectivity index (χ4v) is 4.13. The van der Waals surface area contributed by atoms with Crippen molar-refractivity contribution >= 4 is 66.2 Å². The first-order valence-electron chi connectivity index (χ1n) is 4.09. The SMILES string of the molecule is C/C(CCl)=C1\C(=O)S[C@H]2N1C(=O)C2(Br)Br. The number of hydrogen-bond acceptors (Lipinski definition) is 3. The van der Waals surface area contributed by atoms with Crippen molar-refractivity contribution in [2.75, 3.05) is 5.88 Å². The van der Waals surface area contributed by atoms with Crippen molar-refractivity contribution in [2.24, 2.45) is 0 Å². The first-order valence-corrected chi connectivity index (χ1v) is 7.09. The lowest BCUT2D eigenvalue weighted by molar-refractivity contribution is -0.138. The summed E-state index contributed by atoms with van der Waals surface area (Å²) < 4.78 is -0.797. The van der Waals surface area contributed by atoms with Crippen LogP contribution in [0.2, 0.25) is 0 Å². The third-order valence-electron chi connectivity index (χ3n) is 2.31. The summed E-state index contributed by atoms with van der Waals surface area (Å²) in [5.74, 6) is 0.112. The second-order valence-electron chi connectivity index (χ2n) is 3.32. The molecule has 82 valence electrons. The lowest BCUT2D eigenvalue weighted by atomic mass is 10.1. The molecule has 15 heavy (non-hydrogen) atoms. The van der Waals surface area contributed by atoms with Crippen molar-refractivity contribution in [3.05, 3.63) is 11.3 Å². The van der Waals surface area contributed by atoms with E-state index < -0.39 is 3.23 Å². The average Bonchev–Trinajstić information content (AvgIpc) is 2.53. The summed E-state index contributed by atoms with van der Waals surface area (Å²) in [4.78, 5) is 24.9. The molecule has 0 radical (unpaired) electrons. The molecule has 3 nitrogen and oxygen atoms in total. The van der Waals surface area contributed by atoms with Crippen LogP contribution in [0.15, 0.2) is 11.3 Å². The predicted octanol–water partition coefficient (Wildman–Crippen LogP) is 2.43. The quantitative estimate of drug-likeness (QED) is 0.401. The number of allylic oxidation sites excluding steroid dienone is 1. The molecule has 7 heteroatoms. The highest BCUT2D eigenvalue weighted by atomic mass is 79.9. The molecule has 2 heterocycles. The third-order valence-corrected chi connectivity index (χ3v) is 6.05. The molecule has 0 aromatic heterocycles. The zero-order valence-corrected chi connectivity index (χ0v) is 12.3. The van der Waals surface area contributed by atoms with Crippen LogP contribution in [0.1, 0.15) is 6.92 Å². The van der Waals surface area contributed by atoms with E-state index in [2.05, 4.69) is 31.9 Å². The van der Waals surface area contributed by atoms with Crippen LogP contribution < -0.4 is 0 Å². The van der Waals surface area contributed by atoms with Gasteiger partial charge in [-0.25, -0.2) is 0 Å². The van der Waals surface area contributed by atoms with E-state index in [1.165, 1.54) is 4.90 Å². The first-order chi connectivity index (χ1) is 6.91. The van der Waals surface area contributed by atoms with E-state index in [9.17, 15) is 9.59 Å². The lowest BCUT2D eigenvalue weighted by Crippen LogP contribution is -2.63. The van der Waals surface area contributed by atoms with Gasteiger partial charge in [-0.2, -0.15) is 0 Å². The Morgan fingerprint density at radius 1 is 1.60 bits per heavy atom. The molecule has 2 aliphatic rings. The maximum atomic E-state index is 11.7. The van der Waals surface area contributed by atoms with Crippen LogP contribution in [-0.4, -0.2) is 30.4 Å². The lowest BCUT2D eigenvalue weighted by Gasteiger charge is -2.44. The van der Waals surface area contributed by atoms with Crippen LogP contribution in [0.3, 0.4) is 0 Å². The molecular weight excluding hydrogens is 369 g/mol. The highest BCUT2D eigenvalue weighted by Crippen LogP contribution is 2.56. The Kier molecular flexibility index (Phi) is 2.99. The van der Waals surface area contributed by atoms with Crippen LogP contribution in [-0.2, 0) is 9.59 Å². The molecule has 0 spiro atoms. The second-order valence-corrected chi connectivity index (χ2v) is 8.20. The van der Waals surface area contributed by atoms with Gasteiger partial charge in [0.1, 0.15) is 5.37 Å². The number of rotatable bonds is 1. The highest BCUT2D eigenvalue weighted by Gasteiger charge is 2.65. The Bertz CT molecular complexity index is 396. The molecule has 0 N–H and O–H groups in total. The van der Waals surface area contributed by atoms with Crippen LogP contribution in [0.4, 0.5) is 0 Å². The highest BCUT2D eigenvalue weighted by molar-refractivity contribution is 9.26. The minimum atomic E-state index is -0.797. The van der Waals surface area contributed by atoms with Gasteiger partial charge in [-0.15, -0.1) is 11.6 Å². The van der Waals surface area contributed by atoms with Crippen LogP contribution in [0.25, 0.3) is 0 Å². The maximum absolute atomic E-state index is 11.7. The zero-order valence-electron chi connectivity index (χ0n) is 7.59. The number of carbonyl (C=O) groups is 2. The Balaban J connectivity index is 2.41. The van der Waals surface area contributed by atoms with Crippen molar-refractivity contribution < 1.29 is 9.59 Å². The molecule has 2 aliphatic heterocycles. The predicted molar refractivity (Wildman–Crippen MR) is 67.2 cm³/mol. The van der Waals surface area contributed by atoms with E-state index >= 15 is 0 Å². The largest absolute Gasteiger partial charge is 0.290 e. The molecule has 1 atom stereocenters. The number of amides is 1. The van der Waals surface area contributed by atoms with Gasteiger partial charge in [-0.3, -0.25) is 14.5 Å². The van der Waals surface area contributed by atoms with E-state index in [4.69, 9.17) is 11.6 Å². The number of fused-ring (bicyclic) bond motifs is 1. The molecule has 2 fully saturated rings. The molecule has 2 rings (SSSR count). The fraction of sp³-hybridized carbons (Fsp3) is 0.500.